The van der Waals surface area contributed by atoms with Crippen molar-refractivity contribution in [3.8, 4) is 36.2 Å². The van der Waals surface area contributed by atoms with Gasteiger partial charge >= 0.3 is 1.28 Å². The molecule has 1 N–H and O–H groups in total. The number of carbonyl (C=O) groups excluding carboxylic acids is 2. The van der Waals surface area contributed by atoms with E-state index >= 15 is 0 Å². The molecule has 3 unspecified atom stereocenters. The first-order chi connectivity index (χ1) is 34.2. The van der Waals surface area contributed by atoms with Crippen LogP contribution in [-0.4, -0.2) is 58.3 Å². The Labute approximate surface area is 482 Å². The Balaban J connectivity index is 0. The molecule has 386 valence electrons. The van der Waals surface area contributed by atoms with Crippen molar-refractivity contribution in [3.05, 3.63) is 105 Å². The van der Waals surface area contributed by atoms with Crippen LogP contribution in [0.3, 0.4) is 0 Å². The van der Waals surface area contributed by atoms with E-state index in [4.69, 9.17) is 38.2 Å². The first-order valence-electron chi connectivity index (χ1n) is 20.4. The molecule has 2 aromatic rings. The monoisotopic (exact) mass is 1320 g/mol. The van der Waals surface area contributed by atoms with Gasteiger partial charge in [0.2, 0.25) is 0 Å². The van der Waals surface area contributed by atoms with E-state index in [1.807, 2.05) is 26.8 Å². The van der Waals surface area contributed by atoms with Crippen LogP contribution in [0.2, 0.25) is 0 Å². The summed E-state index contributed by atoms with van der Waals surface area (Å²) < 4.78 is 29.2. The molecule has 1 aliphatic rings. The zero-order valence-corrected chi connectivity index (χ0v) is 55.2. The van der Waals surface area contributed by atoms with Gasteiger partial charge in [0.15, 0.2) is 25.1 Å². The number of hydrogen-bond acceptors (Lipinski definition) is 12. The lowest BCUT2D eigenvalue weighted by Crippen LogP contribution is -2.22. The van der Waals surface area contributed by atoms with Crippen LogP contribution < -0.4 is 9.47 Å². The summed E-state index contributed by atoms with van der Waals surface area (Å²) >= 11 is 22.8. The zero-order valence-electron chi connectivity index (χ0n) is 39.4. The van der Waals surface area contributed by atoms with Gasteiger partial charge < -0.3 is 24.1 Å². The molecule has 0 aromatic heterocycles. The molecule has 0 saturated carbocycles. The number of carbonyl (C=O) groups is 2. The summed E-state index contributed by atoms with van der Waals surface area (Å²) in [6, 6.07) is 10.2. The van der Waals surface area contributed by atoms with E-state index < -0.39 is 6.99 Å². The molecule has 0 radical (unpaired) electrons. The Morgan fingerprint density at radius 3 is 1.49 bits per heavy atom. The Hall–Kier alpha value is 0.0300. The van der Waals surface area contributed by atoms with Crippen LogP contribution in [0.15, 0.2) is 83.0 Å². The van der Waals surface area contributed by atoms with Crippen LogP contribution in [0.1, 0.15) is 104 Å². The normalized spacial score (nSPS) is 13.1. The van der Waals surface area contributed by atoms with Crippen molar-refractivity contribution in [1.82, 2.24) is 0 Å². The second-order valence-electron chi connectivity index (χ2n) is 13.3. The lowest BCUT2D eigenvalue weighted by atomic mass is 10.1. The lowest BCUT2D eigenvalue weighted by molar-refractivity contribution is -0.155. The fourth-order valence-corrected chi connectivity index (χ4v) is 29.6. The van der Waals surface area contributed by atoms with E-state index in [1.54, 1.807) is 116 Å². The third-order valence-corrected chi connectivity index (χ3v) is 32.5. The van der Waals surface area contributed by atoms with Crippen LogP contribution >= 0.6 is 15.9 Å². The van der Waals surface area contributed by atoms with E-state index in [-0.39, 0.29) is 12.9 Å². The summed E-state index contributed by atoms with van der Waals surface area (Å²) in [7, 11) is 22.2. The molecule has 2 aromatic carbocycles. The molecule has 1 heterocycles. The van der Waals surface area contributed by atoms with Crippen molar-refractivity contribution in [1.29, 1.82) is 1.28 Å². The van der Waals surface area contributed by atoms with Gasteiger partial charge in [-0.15, -0.1) is 12.8 Å². The molecule has 1 fully saturated rings. The van der Waals surface area contributed by atoms with E-state index in [9.17, 15) is 9.59 Å². The van der Waals surface area contributed by atoms with E-state index in [0.717, 1.165) is 68.9 Å². The number of ether oxygens (including phenoxy) is 4. The van der Waals surface area contributed by atoms with Gasteiger partial charge in [-0.2, -0.15) is 0 Å². The summed E-state index contributed by atoms with van der Waals surface area (Å²) in [4.78, 5) is 21.8. The van der Waals surface area contributed by atoms with Crippen LogP contribution in [0, 0.1) is 24.7 Å². The number of hydrogen-bond donors (Lipinski definition) is 1. The summed E-state index contributed by atoms with van der Waals surface area (Å²) in [5.74, 6) is 6.26. The van der Waals surface area contributed by atoms with Gasteiger partial charge in [-0.25, -0.2) is 0 Å². The van der Waals surface area contributed by atoms with Crippen molar-refractivity contribution in [2.75, 3.05) is 33.0 Å². The third-order valence-electron chi connectivity index (χ3n) is 8.06. The van der Waals surface area contributed by atoms with E-state index in [1.165, 1.54) is 53.1 Å². The molecule has 27 heteroatoms. The van der Waals surface area contributed by atoms with E-state index in [0.29, 0.717) is 53.6 Å². The van der Waals surface area contributed by atoms with Crippen molar-refractivity contribution in [3.63, 3.8) is 0 Å². The molecule has 0 bridgehead atoms. The maximum atomic E-state index is 11.0. The quantitative estimate of drug-likeness (QED) is 0.0668. The molecule has 0 spiro atoms. The summed E-state index contributed by atoms with van der Waals surface area (Å²) in [6.45, 7) is 9.71. The molecule has 0 aliphatic carbocycles. The average molecular weight is 1330 g/mol. The predicted molar refractivity (Wildman–Crippen MR) is 351 cm³/mol. The summed E-state index contributed by atoms with van der Waals surface area (Å²) in [5.41, 5.74) is 7.02. The maximum absolute atomic E-state index is 11.0. The number of rotatable bonds is 18. The molecule has 3 rings (SSSR count). The molecule has 1 saturated heterocycles. The Morgan fingerprint density at radius 1 is 0.714 bits per heavy atom. The van der Waals surface area contributed by atoms with Gasteiger partial charge in [0.05, 0.1) is 22.1 Å². The highest BCUT2D eigenvalue weighted by molar-refractivity contribution is 8.72. The van der Waals surface area contributed by atoms with Gasteiger partial charge in [0, 0.05) is 189 Å². The van der Waals surface area contributed by atoms with Gasteiger partial charge in [-0.3, -0.25) is 9.59 Å². The molecule has 7 nitrogen and oxygen atoms in total. The molecular weight excluding hydrogens is 1270 g/mol. The van der Waals surface area contributed by atoms with Crippen molar-refractivity contribution in [2.24, 2.45) is 0 Å². The van der Waals surface area contributed by atoms with Crippen LogP contribution in [0.25, 0.3) is 0 Å². The average Bonchev–Trinajstić information content (AvgIpc) is 3.37. The summed E-state index contributed by atoms with van der Waals surface area (Å²) in [5, 5.41) is 8.79. The minimum Gasteiger partial charge on any atom is -0.489 e. The largest absolute Gasteiger partial charge is 0.489 e. The van der Waals surface area contributed by atoms with Crippen molar-refractivity contribution in [2.45, 2.75) is 78.9 Å². The highest BCUT2D eigenvalue weighted by atomic mass is 33.4. The van der Waals surface area contributed by atoms with Crippen LogP contribution in [0.5, 0.6) is 11.5 Å². The molecule has 70 heavy (non-hydrogen) atoms. The zero-order chi connectivity index (χ0) is 53.3. The van der Waals surface area contributed by atoms with Gasteiger partial charge in [-0.05, 0) is 120 Å². The topological polar surface area (TPSA) is 91.3 Å². The number of allylic oxidation sites excluding steroid dienone is 4. The first kappa shape index (κ1) is 70.0. The smallest absolute Gasteiger partial charge is 0.355 e. The maximum Gasteiger partial charge on any atom is 0.355 e. The Bertz CT molecular complexity index is 2750. The molecule has 3 atom stereocenters. The molecular formula is C43H55O7P2S18+. The minimum atomic E-state index is -0.870. The number of aliphatic hydroxyl groups is 1. The van der Waals surface area contributed by atoms with Crippen LogP contribution in [0.4, 0.5) is 0 Å². The summed E-state index contributed by atoms with van der Waals surface area (Å²) in [6.07, 6.45) is 27.6. The minimum absolute atomic E-state index is 0.0372. The van der Waals surface area contributed by atoms with Gasteiger partial charge in [-0.1, -0.05) is 47.3 Å². The number of benzene rings is 2. The fraction of sp³-hybridized carbons (Fsp3) is 0.395. The van der Waals surface area contributed by atoms with Crippen molar-refractivity contribution >= 4 is 200 Å². The SMILES string of the molecule is C#Cc1cc(C=O)cc(OC/C(C)=C/CC/C(C)=C/CO)c1.C#Cc1cc(C=O)cc(OC/C(C)=C/CC/C(C)=C/COC2CCCCO2)c1.S=S=S=S=S=S=S=S.S=S=S=S=S=S=S=S=S.[3H][P+](P)=S. The highest BCUT2D eigenvalue weighted by Gasteiger charge is 2.13. The fourth-order valence-electron chi connectivity index (χ4n) is 4.92. The molecule has 1 aliphatic heterocycles. The Kier molecular flexibility index (Phi) is 53.9. The van der Waals surface area contributed by atoms with Gasteiger partial charge in [0.1, 0.15) is 37.3 Å². The number of aliphatic hydroxyl groups excluding tert-OH is 1. The Morgan fingerprint density at radius 2 is 1.13 bits per heavy atom. The first-order valence-corrected chi connectivity index (χ1v) is 43.5. The third kappa shape index (κ3) is 45.4. The van der Waals surface area contributed by atoms with Gasteiger partial charge in [0.25, 0.3) is 0 Å². The van der Waals surface area contributed by atoms with Crippen LogP contribution in [-0.2, 0) is 181 Å². The predicted octanol–water partition coefficient (Wildman–Crippen LogP) is 9.48. The lowest BCUT2D eigenvalue weighted by Gasteiger charge is -2.22. The van der Waals surface area contributed by atoms with E-state index in [2.05, 4.69) is 102 Å². The highest BCUT2D eigenvalue weighted by Crippen LogP contribution is 2.19. The second kappa shape index (κ2) is 53.8. The molecule has 0 amide bonds. The second-order valence-corrected chi connectivity index (χ2v) is 39.0. The van der Waals surface area contributed by atoms with Crippen molar-refractivity contribution < 1.29 is 33.6 Å². The number of terminal acetylenes is 2. The standard InChI is InChI=1S/C24H30O4.C19H22O3.H2P2S.S9.S8/c1-4-21-14-22(17-25)16-23(15-21)28-18-20(3)9-7-8-19(2)11-13-27-24-10-5-6-12-26-24;1-4-17-10-18(13-21)12-19(11-17)22-14-16(3)7-5-6-15(2)8-9-20;1-2-3;1-3-5-7-9-8-6-4-2;1-3-5-7-8-6-4-2/h1,9,11,14-17,24H,5-8,10,12-13,18H2,2-3H3;1,7-8,10-13,20H,5-6,9,14H2,2-3H3;1H2;;/p+1/b19-11+,20-9+;15-8+,16-7+;;;/i/hT. The number of aldehydes is 2.